The van der Waals surface area contributed by atoms with E-state index in [1.165, 1.54) is 10.5 Å². The molecular formula is C16H18OS. The van der Waals surface area contributed by atoms with Crippen molar-refractivity contribution in [3.05, 3.63) is 54.1 Å². The van der Waals surface area contributed by atoms with Gasteiger partial charge in [0.15, 0.2) is 0 Å². The molecule has 2 aromatic rings. The molecule has 0 atom stereocenters. The second kappa shape index (κ2) is 5.96. The molecule has 18 heavy (non-hydrogen) atoms. The maximum absolute atomic E-state index is 5.80. The summed E-state index contributed by atoms with van der Waals surface area (Å²) in [6, 6.07) is 16.4. The van der Waals surface area contributed by atoms with E-state index >= 15 is 0 Å². The molecule has 0 aliphatic carbocycles. The third-order valence-electron chi connectivity index (χ3n) is 2.84. The molecule has 0 saturated heterocycles. The van der Waals surface area contributed by atoms with E-state index in [-0.39, 0.29) is 0 Å². The van der Waals surface area contributed by atoms with E-state index in [0.717, 1.165) is 11.5 Å². The van der Waals surface area contributed by atoms with Crippen molar-refractivity contribution in [1.82, 2.24) is 0 Å². The molecule has 2 heteroatoms. The van der Waals surface area contributed by atoms with Gasteiger partial charge in [0.2, 0.25) is 0 Å². The minimum atomic E-state index is 0.555. The molecule has 1 nitrogen and oxygen atoms in total. The van der Waals surface area contributed by atoms with Gasteiger partial charge in [0.1, 0.15) is 11.5 Å². The van der Waals surface area contributed by atoms with Crippen LogP contribution in [0.3, 0.4) is 0 Å². The van der Waals surface area contributed by atoms with Crippen molar-refractivity contribution in [2.24, 2.45) is 0 Å². The Balaban J connectivity index is 2.08. The first-order chi connectivity index (χ1) is 8.69. The van der Waals surface area contributed by atoms with Gasteiger partial charge in [0.05, 0.1) is 0 Å². The fourth-order valence-corrected chi connectivity index (χ4v) is 2.11. The highest BCUT2D eigenvalue weighted by atomic mass is 32.2. The van der Waals surface area contributed by atoms with E-state index in [9.17, 15) is 0 Å². The van der Waals surface area contributed by atoms with Crippen LogP contribution in [0.25, 0.3) is 0 Å². The maximum Gasteiger partial charge on any atom is 0.127 e. The van der Waals surface area contributed by atoms with Crippen LogP contribution in [0.5, 0.6) is 11.5 Å². The molecule has 2 rings (SSSR count). The first-order valence-electron chi connectivity index (χ1n) is 6.11. The van der Waals surface area contributed by atoms with Gasteiger partial charge in [-0.2, -0.15) is 0 Å². The summed E-state index contributed by atoms with van der Waals surface area (Å²) in [5, 5.41) is 0. The highest BCUT2D eigenvalue weighted by Gasteiger charge is 2.01. The van der Waals surface area contributed by atoms with Gasteiger partial charge in [-0.1, -0.05) is 26.0 Å². The zero-order chi connectivity index (χ0) is 13.0. The summed E-state index contributed by atoms with van der Waals surface area (Å²) in [5.74, 6) is 2.32. The van der Waals surface area contributed by atoms with E-state index in [1.54, 1.807) is 11.8 Å². The smallest absolute Gasteiger partial charge is 0.127 e. The van der Waals surface area contributed by atoms with Crippen LogP contribution in [0.1, 0.15) is 25.3 Å². The SMILES string of the molecule is CSc1ccc(Oc2ccc(C(C)C)cc2)cc1. The Morgan fingerprint density at radius 2 is 1.33 bits per heavy atom. The maximum atomic E-state index is 5.80. The fourth-order valence-electron chi connectivity index (χ4n) is 1.70. The summed E-state index contributed by atoms with van der Waals surface area (Å²) in [7, 11) is 0. The van der Waals surface area contributed by atoms with Crippen LogP contribution < -0.4 is 4.74 Å². The summed E-state index contributed by atoms with van der Waals surface area (Å²) in [4.78, 5) is 1.25. The Morgan fingerprint density at radius 1 is 0.833 bits per heavy atom. The van der Waals surface area contributed by atoms with Crippen LogP contribution >= 0.6 is 11.8 Å². The lowest BCUT2D eigenvalue weighted by Gasteiger charge is -2.09. The molecule has 0 aliphatic rings. The lowest BCUT2D eigenvalue weighted by molar-refractivity contribution is 0.482. The lowest BCUT2D eigenvalue weighted by Crippen LogP contribution is -1.88. The van der Waals surface area contributed by atoms with Crippen molar-refractivity contribution < 1.29 is 4.74 Å². The second-order valence-electron chi connectivity index (χ2n) is 4.50. The minimum Gasteiger partial charge on any atom is -0.457 e. The molecule has 0 N–H and O–H groups in total. The molecular weight excluding hydrogens is 240 g/mol. The summed E-state index contributed by atoms with van der Waals surface area (Å²) in [5.41, 5.74) is 1.33. The normalized spacial score (nSPS) is 10.7. The molecule has 0 unspecified atom stereocenters. The third kappa shape index (κ3) is 3.30. The zero-order valence-corrected chi connectivity index (χ0v) is 11.8. The van der Waals surface area contributed by atoms with E-state index < -0.39 is 0 Å². The lowest BCUT2D eigenvalue weighted by atomic mass is 10.0. The van der Waals surface area contributed by atoms with Crippen molar-refractivity contribution >= 4 is 11.8 Å². The zero-order valence-electron chi connectivity index (χ0n) is 11.0. The summed E-state index contributed by atoms with van der Waals surface area (Å²) in [6.45, 7) is 4.38. The predicted molar refractivity (Wildman–Crippen MR) is 78.8 cm³/mol. The van der Waals surface area contributed by atoms with Gasteiger partial charge >= 0.3 is 0 Å². The van der Waals surface area contributed by atoms with Crippen molar-refractivity contribution in [2.45, 2.75) is 24.7 Å². The Hall–Kier alpha value is -1.41. The monoisotopic (exact) mass is 258 g/mol. The molecule has 0 aliphatic heterocycles. The van der Waals surface area contributed by atoms with Crippen molar-refractivity contribution in [3.63, 3.8) is 0 Å². The van der Waals surface area contributed by atoms with Gasteiger partial charge in [0.25, 0.3) is 0 Å². The molecule has 0 fully saturated rings. The topological polar surface area (TPSA) is 9.23 Å². The Labute approximate surface area is 113 Å². The summed E-state index contributed by atoms with van der Waals surface area (Å²) < 4.78 is 5.80. The highest BCUT2D eigenvalue weighted by molar-refractivity contribution is 7.98. The second-order valence-corrected chi connectivity index (χ2v) is 5.38. The van der Waals surface area contributed by atoms with Crippen molar-refractivity contribution in [2.75, 3.05) is 6.26 Å². The average molecular weight is 258 g/mol. The Bertz CT molecular complexity index is 486. The number of hydrogen-bond donors (Lipinski definition) is 0. The van der Waals surface area contributed by atoms with Crippen LogP contribution in [-0.4, -0.2) is 6.26 Å². The third-order valence-corrected chi connectivity index (χ3v) is 3.59. The van der Waals surface area contributed by atoms with Crippen molar-refractivity contribution in [1.29, 1.82) is 0 Å². The number of benzene rings is 2. The largest absolute Gasteiger partial charge is 0.457 e. The first kappa shape index (κ1) is 13.0. The van der Waals surface area contributed by atoms with Crippen molar-refractivity contribution in [3.8, 4) is 11.5 Å². The van der Waals surface area contributed by atoms with E-state index in [4.69, 9.17) is 4.74 Å². The standard InChI is InChI=1S/C16H18OS/c1-12(2)13-4-6-14(7-5-13)17-15-8-10-16(18-3)11-9-15/h4-12H,1-3H3. The van der Waals surface area contributed by atoms with E-state index in [2.05, 4.69) is 44.4 Å². The van der Waals surface area contributed by atoms with Gasteiger partial charge in [0, 0.05) is 4.90 Å². The van der Waals surface area contributed by atoms with Crippen LogP contribution in [0.2, 0.25) is 0 Å². The molecule has 94 valence electrons. The molecule has 0 radical (unpaired) electrons. The fraction of sp³-hybridized carbons (Fsp3) is 0.250. The quantitative estimate of drug-likeness (QED) is 0.686. The molecule has 0 aromatic heterocycles. The van der Waals surface area contributed by atoms with Crippen LogP contribution in [0.15, 0.2) is 53.4 Å². The van der Waals surface area contributed by atoms with Gasteiger partial charge in [-0.25, -0.2) is 0 Å². The average Bonchev–Trinajstić information content (AvgIpc) is 2.40. The van der Waals surface area contributed by atoms with Gasteiger partial charge in [-0.15, -0.1) is 11.8 Å². The molecule has 0 saturated carbocycles. The van der Waals surface area contributed by atoms with Crippen LogP contribution in [-0.2, 0) is 0 Å². The number of rotatable bonds is 4. The molecule has 0 heterocycles. The Morgan fingerprint density at radius 3 is 1.78 bits per heavy atom. The first-order valence-corrected chi connectivity index (χ1v) is 7.33. The molecule has 2 aromatic carbocycles. The summed E-state index contributed by atoms with van der Waals surface area (Å²) in [6.07, 6.45) is 2.07. The van der Waals surface area contributed by atoms with Crippen LogP contribution in [0, 0.1) is 0 Å². The van der Waals surface area contributed by atoms with E-state index in [1.807, 2.05) is 24.3 Å². The van der Waals surface area contributed by atoms with Gasteiger partial charge in [-0.05, 0) is 54.1 Å². The Kier molecular flexibility index (Phi) is 4.32. The number of hydrogen-bond acceptors (Lipinski definition) is 2. The van der Waals surface area contributed by atoms with Crippen LogP contribution in [0.4, 0.5) is 0 Å². The molecule has 0 spiro atoms. The summed E-state index contributed by atoms with van der Waals surface area (Å²) >= 11 is 1.73. The van der Waals surface area contributed by atoms with Gasteiger partial charge in [-0.3, -0.25) is 0 Å². The van der Waals surface area contributed by atoms with E-state index in [0.29, 0.717) is 5.92 Å². The molecule has 0 amide bonds. The number of ether oxygens (including phenoxy) is 1. The van der Waals surface area contributed by atoms with Gasteiger partial charge < -0.3 is 4.74 Å². The molecule has 0 bridgehead atoms. The number of thioether (sulfide) groups is 1. The highest BCUT2D eigenvalue weighted by Crippen LogP contribution is 2.25. The predicted octanol–water partition coefficient (Wildman–Crippen LogP) is 5.32. The minimum absolute atomic E-state index is 0.555.